The van der Waals surface area contributed by atoms with Crippen molar-refractivity contribution >= 4 is 23.2 Å². The fourth-order valence-electron chi connectivity index (χ4n) is 3.45. The van der Waals surface area contributed by atoms with Crippen molar-refractivity contribution in [3.8, 4) is 0 Å². The second kappa shape index (κ2) is 8.22. The van der Waals surface area contributed by atoms with Crippen LogP contribution in [0.5, 0.6) is 0 Å². The number of carbonyl (C=O) groups excluding carboxylic acids is 2. The van der Waals surface area contributed by atoms with E-state index < -0.39 is 0 Å². The number of halogens is 1. The van der Waals surface area contributed by atoms with E-state index in [1.807, 2.05) is 18.2 Å². The third-order valence-electron chi connectivity index (χ3n) is 4.97. The zero-order chi connectivity index (χ0) is 20.2. The van der Waals surface area contributed by atoms with Crippen molar-refractivity contribution in [2.45, 2.75) is 19.3 Å². The first-order valence-electron chi connectivity index (χ1n) is 9.49. The summed E-state index contributed by atoms with van der Waals surface area (Å²) >= 11 is 0. The van der Waals surface area contributed by atoms with Gasteiger partial charge in [-0.1, -0.05) is 18.2 Å². The van der Waals surface area contributed by atoms with Crippen LogP contribution in [0.2, 0.25) is 0 Å². The lowest BCUT2D eigenvalue weighted by Gasteiger charge is -2.18. The summed E-state index contributed by atoms with van der Waals surface area (Å²) in [5.74, 6) is -0.518. The van der Waals surface area contributed by atoms with Gasteiger partial charge in [0.25, 0.3) is 5.91 Å². The maximum Gasteiger partial charge on any atom is 0.259 e. The Morgan fingerprint density at radius 1 is 1.10 bits per heavy atom. The topological polar surface area (TPSA) is 62.3 Å². The minimum absolute atomic E-state index is 0.100. The van der Waals surface area contributed by atoms with Crippen molar-refractivity contribution in [2.24, 2.45) is 0 Å². The van der Waals surface area contributed by atoms with Crippen LogP contribution in [0, 0.1) is 5.82 Å². The first-order valence-corrected chi connectivity index (χ1v) is 9.49. The van der Waals surface area contributed by atoms with Crippen LogP contribution >= 0.6 is 0 Å². The van der Waals surface area contributed by atoms with Crippen molar-refractivity contribution in [1.29, 1.82) is 0 Å². The van der Waals surface area contributed by atoms with Gasteiger partial charge in [0.15, 0.2) is 0 Å². The molecule has 0 atom stereocenters. The van der Waals surface area contributed by atoms with Crippen molar-refractivity contribution in [1.82, 2.24) is 4.98 Å². The highest BCUT2D eigenvalue weighted by Gasteiger charge is 2.26. The lowest BCUT2D eigenvalue weighted by Crippen LogP contribution is -2.29. The highest BCUT2D eigenvalue weighted by Crippen LogP contribution is 2.32. The molecule has 1 aliphatic heterocycles. The van der Waals surface area contributed by atoms with Crippen LogP contribution < -0.4 is 10.2 Å². The van der Waals surface area contributed by atoms with E-state index in [1.165, 1.54) is 12.1 Å². The molecule has 29 heavy (non-hydrogen) atoms. The molecule has 0 spiro atoms. The Morgan fingerprint density at radius 2 is 1.93 bits per heavy atom. The fraction of sp³-hybridized carbons (Fsp3) is 0.174. The number of carbonyl (C=O) groups is 2. The molecular formula is C23H20FN3O2. The minimum Gasteiger partial charge on any atom is -0.326 e. The van der Waals surface area contributed by atoms with Crippen molar-refractivity contribution in [3.63, 3.8) is 0 Å². The summed E-state index contributed by atoms with van der Waals surface area (Å²) in [6.45, 7) is 0.602. The number of amides is 2. The molecule has 5 nitrogen and oxygen atoms in total. The summed E-state index contributed by atoms with van der Waals surface area (Å²) in [5, 5.41) is 2.89. The Hall–Kier alpha value is -3.54. The van der Waals surface area contributed by atoms with Gasteiger partial charge >= 0.3 is 0 Å². The van der Waals surface area contributed by atoms with E-state index in [4.69, 9.17) is 0 Å². The number of rotatable bonds is 5. The van der Waals surface area contributed by atoms with Crippen LogP contribution in [0.3, 0.4) is 0 Å². The number of aryl methyl sites for hydroxylation is 1. The fourth-order valence-corrected chi connectivity index (χ4v) is 3.45. The first-order chi connectivity index (χ1) is 14.1. The molecule has 0 unspecified atom stereocenters. The van der Waals surface area contributed by atoms with E-state index in [2.05, 4.69) is 10.3 Å². The standard InChI is InChI=1S/C23H20FN3O2/c24-19-7-3-16(4-8-19)5-10-22(28)26-20-9-6-17-11-13-27(21(17)14-20)23(29)18-2-1-12-25-15-18/h1-4,6-9,12,14-15H,5,10-11,13H2,(H,26,28). The Kier molecular flexibility index (Phi) is 5.33. The molecule has 1 N–H and O–H groups in total. The van der Waals surface area contributed by atoms with Gasteiger partial charge in [-0.15, -0.1) is 0 Å². The van der Waals surface area contributed by atoms with Gasteiger partial charge in [0, 0.05) is 36.7 Å². The molecule has 2 aromatic carbocycles. The molecule has 1 aliphatic rings. The Balaban J connectivity index is 1.43. The molecule has 3 aromatic rings. The monoisotopic (exact) mass is 389 g/mol. The van der Waals surface area contributed by atoms with Gasteiger partial charge in [-0.25, -0.2) is 4.39 Å². The van der Waals surface area contributed by atoms with Crippen LogP contribution in [0.25, 0.3) is 0 Å². The third-order valence-corrected chi connectivity index (χ3v) is 4.97. The molecule has 4 rings (SSSR count). The number of aromatic nitrogens is 1. The van der Waals surface area contributed by atoms with E-state index in [9.17, 15) is 14.0 Å². The number of benzene rings is 2. The highest BCUT2D eigenvalue weighted by atomic mass is 19.1. The predicted octanol–water partition coefficient (Wildman–Crippen LogP) is 3.99. The lowest BCUT2D eigenvalue weighted by atomic mass is 10.1. The van der Waals surface area contributed by atoms with Crippen LogP contribution in [-0.2, 0) is 17.6 Å². The van der Waals surface area contributed by atoms with Crippen molar-refractivity contribution in [2.75, 3.05) is 16.8 Å². The van der Waals surface area contributed by atoms with Gasteiger partial charge in [-0.2, -0.15) is 0 Å². The lowest BCUT2D eigenvalue weighted by molar-refractivity contribution is -0.116. The van der Waals surface area contributed by atoms with E-state index in [-0.39, 0.29) is 17.6 Å². The molecule has 0 saturated carbocycles. The molecule has 0 radical (unpaired) electrons. The summed E-state index contributed by atoms with van der Waals surface area (Å²) in [7, 11) is 0. The highest BCUT2D eigenvalue weighted by molar-refractivity contribution is 6.07. The largest absolute Gasteiger partial charge is 0.326 e. The molecule has 0 fully saturated rings. The molecule has 2 heterocycles. The zero-order valence-corrected chi connectivity index (χ0v) is 15.8. The Bertz CT molecular complexity index is 1040. The molecule has 1 aromatic heterocycles. The number of anilines is 2. The zero-order valence-electron chi connectivity index (χ0n) is 15.8. The summed E-state index contributed by atoms with van der Waals surface area (Å²) in [6.07, 6.45) is 4.79. The third kappa shape index (κ3) is 4.32. The number of pyridine rings is 1. The van der Waals surface area contributed by atoms with Crippen molar-refractivity contribution in [3.05, 3.63) is 89.5 Å². The van der Waals surface area contributed by atoms with Gasteiger partial charge in [0.05, 0.1) is 5.56 Å². The summed E-state index contributed by atoms with van der Waals surface area (Å²) in [5.41, 5.74) is 3.98. The number of hydrogen-bond acceptors (Lipinski definition) is 3. The average molecular weight is 389 g/mol. The van der Waals surface area contributed by atoms with Crippen LogP contribution in [0.1, 0.15) is 27.9 Å². The van der Waals surface area contributed by atoms with E-state index in [0.29, 0.717) is 30.6 Å². The minimum atomic E-state index is -0.290. The quantitative estimate of drug-likeness (QED) is 0.718. The van der Waals surface area contributed by atoms with E-state index >= 15 is 0 Å². The maximum atomic E-state index is 13.0. The van der Waals surface area contributed by atoms with Crippen molar-refractivity contribution < 1.29 is 14.0 Å². The van der Waals surface area contributed by atoms with Gasteiger partial charge in [0.1, 0.15) is 5.82 Å². The van der Waals surface area contributed by atoms with Gasteiger partial charge in [0.2, 0.25) is 5.91 Å². The maximum absolute atomic E-state index is 13.0. The van der Waals surface area contributed by atoms with Gasteiger partial charge in [-0.05, 0) is 60.4 Å². The number of nitrogens with one attached hydrogen (secondary N) is 1. The van der Waals surface area contributed by atoms with Gasteiger partial charge < -0.3 is 10.2 Å². The average Bonchev–Trinajstić information content (AvgIpc) is 3.16. The van der Waals surface area contributed by atoms with Crippen LogP contribution in [0.4, 0.5) is 15.8 Å². The smallest absolute Gasteiger partial charge is 0.259 e. The SMILES string of the molecule is O=C(CCc1ccc(F)cc1)Nc1ccc2c(c1)N(C(=O)c1cccnc1)CC2. The van der Waals surface area contributed by atoms with E-state index in [0.717, 1.165) is 23.2 Å². The van der Waals surface area contributed by atoms with Crippen LogP contribution in [-0.4, -0.2) is 23.3 Å². The summed E-state index contributed by atoms with van der Waals surface area (Å²) in [4.78, 5) is 30.9. The second-order valence-corrected chi connectivity index (χ2v) is 6.97. The normalized spacial score (nSPS) is 12.5. The molecule has 0 saturated heterocycles. The molecule has 0 aliphatic carbocycles. The molecule has 146 valence electrons. The molecule has 6 heteroatoms. The summed E-state index contributed by atoms with van der Waals surface area (Å²) < 4.78 is 13.0. The molecule has 2 amide bonds. The number of fused-ring (bicyclic) bond motifs is 1. The predicted molar refractivity (Wildman–Crippen MR) is 109 cm³/mol. The second-order valence-electron chi connectivity index (χ2n) is 6.97. The molecular weight excluding hydrogens is 369 g/mol. The van der Waals surface area contributed by atoms with Gasteiger partial charge in [-0.3, -0.25) is 14.6 Å². The number of hydrogen-bond donors (Lipinski definition) is 1. The Labute approximate surface area is 168 Å². The first kappa shape index (κ1) is 18.8. The van der Waals surface area contributed by atoms with Crippen LogP contribution in [0.15, 0.2) is 67.0 Å². The Morgan fingerprint density at radius 3 is 2.69 bits per heavy atom. The molecule has 0 bridgehead atoms. The summed E-state index contributed by atoms with van der Waals surface area (Å²) in [6, 6.07) is 15.3. The van der Waals surface area contributed by atoms with E-state index in [1.54, 1.807) is 41.6 Å². The number of nitrogens with zero attached hydrogens (tertiary/aromatic N) is 2.